The van der Waals surface area contributed by atoms with E-state index in [1.807, 2.05) is 0 Å². The Hall–Kier alpha value is -2.11. The summed E-state index contributed by atoms with van der Waals surface area (Å²) in [6.45, 7) is 0.298. The third-order valence-corrected chi connectivity index (χ3v) is 2.19. The number of carbonyl (C=O) groups excluding carboxylic acids is 1. The van der Waals surface area contributed by atoms with E-state index in [2.05, 4.69) is 5.32 Å². The molecule has 0 unspecified atom stereocenters. The molecule has 3 N–H and O–H groups in total. The van der Waals surface area contributed by atoms with E-state index in [1.54, 1.807) is 12.1 Å². The van der Waals surface area contributed by atoms with Gasteiger partial charge in [0.15, 0.2) is 11.5 Å². The highest BCUT2D eigenvalue weighted by Gasteiger charge is 2.12. The van der Waals surface area contributed by atoms with E-state index in [1.165, 1.54) is 21.3 Å². The summed E-state index contributed by atoms with van der Waals surface area (Å²) in [7, 11) is 4.59. The Morgan fingerprint density at radius 3 is 2.06 bits per heavy atom. The van der Waals surface area contributed by atoms with Crippen molar-refractivity contribution >= 4 is 6.03 Å². The summed E-state index contributed by atoms with van der Waals surface area (Å²) in [6, 6.07) is 2.91. The van der Waals surface area contributed by atoms with Crippen LogP contribution in [0.5, 0.6) is 17.2 Å². The van der Waals surface area contributed by atoms with Gasteiger partial charge in [0, 0.05) is 6.54 Å². The zero-order valence-electron chi connectivity index (χ0n) is 10.1. The molecule has 6 nitrogen and oxygen atoms in total. The van der Waals surface area contributed by atoms with Gasteiger partial charge in [-0.05, 0) is 17.7 Å². The molecule has 0 radical (unpaired) electrons. The molecule has 6 heteroatoms. The second-order valence-electron chi connectivity index (χ2n) is 3.25. The molecule has 0 saturated carbocycles. The molecule has 0 aromatic heterocycles. The lowest BCUT2D eigenvalue weighted by atomic mass is 10.2. The largest absolute Gasteiger partial charge is 0.493 e. The molecule has 17 heavy (non-hydrogen) atoms. The SMILES string of the molecule is COc1cc(CNC(N)=O)cc(OC)c1OC. The molecular weight excluding hydrogens is 224 g/mol. The van der Waals surface area contributed by atoms with Crippen molar-refractivity contribution in [3.63, 3.8) is 0 Å². The van der Waals surface area contributed by atoms with Crippen molar-refractivity contribution in [1.82, 2.24) is 5.32 Å². The van der Waals surface area contributed by atoms with Crippen LogP contribution in [0, 0.1) is 0 Å². The van der Waals surface area contributed by atoms with Crippen molar-refractivity contribution in [3.05, 3.63) is 17.7 Å². The maximum Gasteiger partial charge on any atom is 0.312 e. The van der Waals surface area contributed by atoms with E-state index in [9.17, 15) is 4.79 Å². The van der Waals surface area contributed by atoms with Gasteiger partial charge in [0.1, 0.15) is 0 Å². The maximum absolute atomic E-state index is 10.6. The first-order valence-electron chi connectivity index (χ1n) is 4.94. The summed E-state index contributed by atoms with van der Waals surface area (Å²) in [4.78, 5) is 10.6. The van der Waals surface area contributed by atoms with Gasteiger partial charge >= 0.3 is 6.03 Å². The highest BCUT2D eigenvalue weighted by molar-refractivity contribution is 5.71. The lowest BCUT2D eigenvalue weighted by Gasteiger charge is -2.14. The predicted molar refractivity (Wildman–Crippen MR) is 62.5 cm³/mol. The third kappa shape index (κ3) is 3.17. The molecule has 0 fully saturated rings. The summed E-state index contributed by atoms with van der Waals surface area (Å²) < 4.78 is 15.5. The molecule has 0 atom stereocenters. The van der Waals surface area contributed by atoms with Gasteiger partial charge in [0.25, 0.3) is 0 Å². The van der Waals surface area contributed by atoms with Crippen LogP contribution in [0.3, 0.4) is 0 Å². The van der Waals surface area contributed by atoms with E-state index in [0.29, 0.717) is 23.8 Å². The van der Waals surface area contributed by atoms with Crippen LogP contribution in [-0.2, 0) is 6.54 Å². The predicted octanol–water partition coefficient (Wildman–Crippen LogP) is 0.881. The molecule has 0 spiro atoms. The molecule has 1 rings (SSSR count). The van der Waals surface area contributed by atoms with Crippen molar-refractivity contribution in [3.8, 4) is 17.2 Å². The molecule has 0 aliphatic rings. The fourth-order valence-corrected chi connectivity index (χ4v) is 1.43. The van der Waals surface area contributed by atoms with Gasteiger partial charge in [-0.3, -0.25) is 0 Å². The Balaban J connectivity index is 3.04. The summed E-state index contributed by atoms with van der Waals surface area (Å²) in [5.74, 6) is 1.58. The Morgan fingerprint density at radius 2 is 1.71 bits per heavy atom. The first-order chi connectivity index (χ1) is 8.12. The highest BCUT2D eigenvalue weighted by atomic mass is 16.5. The summed E-state index contributed by atoms with van der Waals surface area (Å²) in [5, 5.41) is 2.49. The third-order valence-electron chi connectivity index (χ3n) is 2.19. The molecule has 0 aliphatic heterocycles. The second kappa shape index (κ2) is 5.83. The van der Waals surface area contributed by atoms with Gasteiger partial charge in [-0.2, -0.15) is 0 Å². The van der Waals surface area contributed by atoms with Gasteiger partial charge in [-0.15, -0.1) is 0 Å². The number of methoxy groups -OCH3 is 3. The first-order valence-corrected chi connectivity index (χ1v) is 4.94. The Labute approximate surface area is 99.6 Å². The highest BCUT2D eigenvalue weighted by Crippen LogP contribution is 2.38. The number of amides is 2. The number of benzene rings is 1. The quantitative estimate of drug-likeness (QED) is 0.800. The van der Waals surface area contributed by atoms with E-state index < -0.39 is 6.03 Å². The second-order valence-corrected chi connectivity index (χ2v) is 3.25. The first kappa shape index (κ1) is 13.0. The Kier molecular flexibility index (Phi) is 4.45. The van der Waals surface area contributed by atoms with Crippen molar-refractivity contribution in [2.24, 2.45) is 5.73 Å². The fourth-order valence-electron chi connectivity index (χ4n) is 1.43. The van der Waals surface area contributed by atoms with Gasteiger partial charge in [-0.25, -0.2) is 4.79 Å². The number of rotatable bonds is 5. The number of hydrogen-bond acceptors (Lipinski definition) is 4. The van der Waals surface area contributed by atoms with Gasteiger partial charge in [0.2, 0.25) is 5.75 Å². The normalized spacial score (nSPS) is 9.59. The zero-order valence-corrected chi connectivity index (χ0v) is 10.1. The smallest absolute Gasteiger partial charge is 0.312 e. The van der Waals surface area contributed by atoms with Crippen LogP contribution in [0.2, 0.25) is 0 Å². The Morgan fingerprint density at radius 1 is 1.18 bits per heavy atom. The number of nitrogens with two attached hydrogens (primary N) is 1. The van der Waals surface area contributed by atoms with Crippen LogP contribution in [0.25, 0.3) is 0 Å². The molecule has 2 amide bonds. The monoisotopic (exact) mass is 240 g/mol. The molecule has 1 aromatic carbocycles. The van der Waals surface area contributed by atoms with Crippen molar-refractivity contribution in [1.29, 1.82) is 0 Å². The molecule has 0 bridgehead atoms. The van der Waals surface area contributed by atoms with Gasteiger partial charge in [0.05, 0.1) is 21.3 Å². The zero-order chi connectivity index (χ0) is 12.8. The number of primary amides is 1. The standard InChI is InChI=1S/C11H16N2O4/c1-15-8-4-7(6-13-11(12)14)5-9(16-2)10(8)17-3/h4-5H,6H2,1-3H3,(H3,12,13,14). The van der Waals surface area contributed by atoms with E-state index >= 15 is 0 Å². The molecule has 94 valence electrons. The molecule has 0 heterocycles. The lowest BCUT2D eigenvalue weighted by molar-refractivity contribution is 0.248. The summed E-state index contributed by atoms with van der Waals surface area (Å²) in [6.07, 6.45) is 0. The summed E-state index contributed by atoms with van der Waals surface area (Å²) in [5.41, 5.74) is 5.80. The number of nitrogens with one attached hydrogen (secondary N) is 1. The van der Waals surface area contributed by atoms with Crippen molar-refractivity contribution < 1.29 is 19.0 Å². The minimum Gasteiger partial charge on any atom is -0.493 e. The van der Waals surface area contributed by atoms with Gasteiger partial charge in [-0.1, -0.05) is 0 Å². The van der Waals surface area contributed by atoms with Crippen LogP contribution in [-0.4, -0.2) is 27.4 Å². The molecule has 0 saturated heterocycles. The van der Waals surface area contributed by atoms with Crippen LogP contribution >= 0.6 is 0 Å². The van der Waals surface area contributed by atoms with Crippen LogP contribution in [0.4, 0.5) is 4.79 Å². The molecule has 0 aliphatic carbocycles. The average Bonchev–Trinajstić information content (AvgIpc) is 2.34. The topological polar surface area (TPSA) is 82.8 Å². The minimum absolute atomic E-state index is 0.298. The van der Waals surface area contributed by atoms with Crippen molar-refractivity contribution in [2.45, 2.75) is 6.54 Å². The van der Waals surface area contributed by atoms with Crippen LogP contribution in [0.1, 0.15) is 5.56 Å². The number of hydrogen-bond donors (Lipinski definition) is 2. The molecule has 1 aromatic rings. The fraction of sp³-hybridized carbons (Fsp3) is 0.364. The van der Waals surface area contributed by atoms with Crippen LogP contribution in [0.15, 0.2) is 12.1 Å². The Bertz CT molecular complexity index is 381. The molecular formula is C11H16N2O4. The van der Waals surface area contributed by atoms with E-state index in [0.717, 1.165) is 5.56 Å². The van der Waals surface area contributed by atoms with Crippen LogP contribution < -0.4 is 25.3 Å². The number of ether oxygens (including phenoxy) is 3. The number of urea groups is 1. The lowest BCUT2D eigenvalue weighted by Crippen LogP contribution is -2.28. The average molecular weight is 240 g/mol. The van der Waals surface area contributed by atoms with E-state index in [4.69, 9.17) is 19.9 Å². The maximum atomic E-state index is 10.6. The van der Waals surface area contributed by atoms with Crippen molar-refractivity contribution in [2.75, 3.05) is 21.3 Å². The minimum atomic E-state index is -0.584. The van der Waals surface area contributed by atoms with Gasteiger partial charge < -0.3 is 25.3 Å². The summed E-state index contributed by atoms with van der Waals surface area (Å²) >= 11 is 0. The number of carbonyl (C=O) groups is 1. The van der Waals surface area contributed by atoms with E-state index in [-0.39, 0.29) is 0 Å².